The largest absolute Gasteiger partial charge is 0.363 e. The van der Waals surface area contributed by atoms with Gasteiger partial charge in [-0.15, -0.1) is 11.3 Å². The summed E-state index contributed by atoms with van der Waals surface area (Å²) in [5, 5.41) is 10.8. The van der Waals surface area contributed by atoms with Crippen LogP contribution in [0.2, 0.25) is 0 Å². The third kappa shape index (κ3) is 4.13. The molecule has 1 aromatic carbocycles. The van der Waals surface area contributed by atoms with E-state index in [0.29, 0.717) is 11.5 Å². The first-order chi connectivity index (χ1) is 13.2. The average Bonchev–Trinajstić information content (AvgIpc) is 3.28. The van der Waals surface area contributed by atoms with Crippen LogP contribution >= 0.6 is 11.3 Å². The molecule has 0 spiro atoms. The molecule has 5 heteroatoms. The fourth-order valence-corrected chi connectivity index (χ4v) is 4.98. The molecule has 4 rings (SSSR count). The molecule has 144 valence electrons. The molecule has 0 atom stereocenters. The molecule has 0 radical (unpaired) electrons. The van der Waals surface area contributed by atoms with E-state index in [9.17, 15) is 0 Å². The summed E-state index contributed by atoms with van der Waals surface area (Å²) < 4.78 is 0. The zero-order chi connectivity index (χ0) is 18.7. The molecular formula is C22H30N4S. The minimum atomic E-state index is 0.297. The predicted molar refractivity (Wildman–Crippen MR) is 116 cm³/mol. The molecule has 2 N–H and O–H groups in total. The Hall–Kier alpha value is -2.01. The van der Waals surface area contributed by atoms with Gasteiger partial charge in [-0.3, -0.25) is 4.99 Å². The van der Waals surface area contributed by atoms with E-state index in [1.165, 1.54) is 29.0 Å². The van der Waals surface area contributed by atoms with E-state index in [0.717, 1.165) is 38.4 Å². The van der Waals surface area contributed by atoms with E-state index >= 15 is 0 Å². The van der Waals surface area contributed by atoms with E-state index in [4.69, 9.17) is 0 Å². The SMILES string of the molecule is CN=C(NCC1(c2ccccc2C)CC1)NC1CCN(c2cccs2)CC1. The third-order valence-corrected chi connectivity index (χ3v) is 6.97. The van der Waals surface area contributed by atoms with Gasteiger partial charge in [0.05, 0.1) is 5.00 Å². The molecule has 0 amide bonds. The second-order valence-corrected chi connectivity index (χ2v) is 8.80. The smallest absolute Gasteiger partial charge is 0.191 e. The fourth-order valence-electron chi connectivity index (χ4n) is 4.20. The standard InChI is InChI=1S/C22H30N4S/c1-17-6-3-4-7-19(17)22(11-12-22)16-24-21(23-2)25-18-9-13-26(14-10-18)20-8-5-15-27-20/h3-8,15,18H,9-14,16H2,1-2H3,(H2,23,24,25). The normalized spacial score (nSPS) is 19.8. The Balaban J connectivity index is 1.29. The first-order valence-corrected chi connectivity index (χ1v) is 10.9. The number of aliphatic imine (C=N–C) groups is 1. The first-order valence-electron chi connectivity index (χ1n) is 10.0. The quantitative estimate of drug-likeness (QED) is 0.608. The molecule has 4 nitrogen and oxygen atoms in total. The Morgan fingerprint density at radius 1 is 1.19 bits per heavy atom. The number of nitrogens with zero attached hydrogens (tertiary/aromatic N) is 2. The minimum absolute atomic E-state index is 0.297. The van der Waals surface area contributed by atoms with E-state index in [1.54, 1.807) is 0 Å². The molecule has 1 aliphatic carbocycles. The molecular weight excluding hydrogens is 352 g/mol. The summed E-state index contributed by atoms with van der Waals surface area (Å²) in [5.41, 5.74) is 3.20. The van der Waals surface area contributed by atoms with E-state index in [2.05, 4.69) is 69.2 Å². The van der Waals surface area contributed by atoms with Gasteiger partial charge in [0, 0.05) is 38.1 Å². The number of benzene rings is 1. The van der Waals surface area contributed by atoms with Gasteiger partial charge in [-0.2, -0.15) is 0 Å². The summed E-state index contributed by atoms with van der Waals surface area (Å²) in [6, 6.07) is 13.7. The van der Waals surface area contributed by atoms with E-state index in [-0.39, 0.29) is 0 Å². The molecule has 1 saturated heterocycles. The van der Waals surface area contributed by atoms with Crippen LogP contribution < -0.4 is 15.5 Å². The van der Waals surface area contributed by atoms with Gasteiger partial charge in [0.2, 0.25) is 0 Å². The van der Waals surface area contributed by atoms with Gasteiger partial charge in [0.1, 0.15) is 0 Å². The molecule has 2 fully saturated rings. The van der Waals surface area contributed by atoms with Crippen LogP contribution in [0.4, 0.5) is 5.00 Å². The summed E-state index contributed by atoms with van der Waals surface area (Å²) in [5.74, 6) is 0.949. The van der Waals surface area contributed by atoms with Crippen LogP contribution in [0.25, 0.3) is 0 Å². The lowest BCUT2D eigenvalue weighted by Crippen LogP contribution is -2.49. The number of anilines is 1. The molecule has 1 aliphatic heterocycles. The van der Waals surface area contributed by atoms with Crippen molar-refractivity contribution in [1.82, 2.24) is 10.6 Å². The number of nitrogens with one attached hydrogen (secondary N) is 2. The highest BCUT2D eigenvalue weighted by Crippen LogP contribution is 2.48. The third-order valence-electron chi connectivity index (χ3n) is 6.04. The molecule has 1 saturated carbocycles. The highest BCUT2D eigenvalue weighted by atomic mass is 32.1. The van der Waals surface area contributed by atoms with Crippen molar-refractivity contribution in [3.05, 3.63) is 52.9 Å². The van der Waals surface area contributed by atoms with E-state index in [1.807, 2.05) is 18.4 Å². The van der Waals surface area contributed by atoms with Crippen molar-refractivity contribution < 1.29 is 0 Å². The summed E-state index contributed by atoms with van der Waals surface area (Å²) >= 11 is 1.84. The van der Waals surface area contributed by atoms with Crippen molar-refractivity contribution in [3.8, 4) is 0 Å². The van der Waals surface area contributed by atoms with Gasteiger partial charge in [0.25, 0.3) is 0 Å². The van der Waals surface area contributed by atoms with Gasteiger partial charge in [-0.1, -0.05) is 24.3 Å². The van der Waals surface area contributed by atoms with Crippen LogP contribution in [0.1, 0.15) is 36.8 Å². The molecule has 2 aliphatic rings. The van der Waals surface area contributed by atoms with Crippen LogP contribution in [-0.2, 0) is 5.41 Å². The van der Waals surface area contributed by atoms with Crippen LogP contribution in [0.5, 0.6) is 0 Å². The number of aryl methyl sites for hydroxylation is 1. The summed E-state index contributed by atoms with van der Waals surface area (Å²) in [4.78, 5) is 6.98. The lowest BCUT2D eigenvalue weighted by Gasteiger charge is -2.33. The topological polar surface area (TPSA) is 39.7 Å². The van der Waals surface area contributed by atoms with Crippen LogP contribution in [0, 0.1) is 6.92 Å². The Labute approximate surface area is 166 Å². The lowest BCUT2D eigenvalue weighted by atomic mass is 9.92. The van der Waals surface area contributed by atoms with Crippen molar-refractivity contribution in [2.24, 2.45) is 4.99 Å². The lowest BCUT2D eigenvalue weighted by molar-refractivity contribution is 0.461. The Morgan fingerprint density at radius 3 is 2.59 bits per heavy atom. The minimum Gasteiger partial charge on any atom is -0.363 e. The highest BCUT2D eigenvalue weighted by Gasteiger charge is 2.45. The summed E-state index contributed by atoms with van der Waals surface area (Å²) in [6.07, 6.45) is 4.84. The number of hydrogen-bond donors (Lipinski definition) is 2. The van der Waals surface area contributed by atoms with Crippen molar-refractivity contribution in [1.29, 1.82) is 0 Å². The van der Waals surface area contributed by atoms with Gasteiger partial charge in [-0.05, 0) is 61.2 Å². The zero-order valence-corrected chi connectivity index (χ0v) is 17.2. The summed E-state index contributed by atoms with van der Waals surface area (Å²) in [7, 11) is 1.88. The molecule has 2 heterocycles. The highest BCUT2D eigenvalue weighted by molar-refractivity contribution is 7.14. The molecule has 0 bridgehead atoms. The first kappa shape index (κ1) is 18.4. The molecule has 2 aromatic rings. The van der Waals surface area contributed by atoms with Crippen molar-refractivity contribution in [2.45, 2.75) is 44.1 Å². The average molecular weight is 383 g/mol. The monoisotopic (exact) mass is 382 g/mol. The predicted octanol–water partition coefficient (Wildman–Crippen LogP) is 3.92. The Kier molecular flexibility index (Phi) is 5.39. The zero-order valence-electron chi connectivity index (χ0n) is 16.4. The maximum atomic E-state index is 4.48. The maximum Gasteiger partial charge on any atom is 0.191 e. The van der Waals surface area contributed by atoms with Crippen LogP contribution in [-0.4, -0.2) is 38.7 Å². The fraction of sp³-hybridized carbons (Fsp3) is 0.500. The van der Waals surface area contributed by atoms with Gasteiger partial charge < -0.3 is 15.5 Å². The molecule has 1 aromatic heterocycles. The Bertz CT molecular complexity index is 771. The van der Waals surface area contributed by atoms with E-state index < -0.39 is 0 Å². The number of piperidine rings is 1. The maximum absolute atomic E-state index is 4.48. The Morgan fingerprint density at radius 2 is 1.96 bits per heavy atom. The number of hydrogen-bond acceptors (Lipinski definition) is 3. The van der Waals surface area contributed by atoms with Gasteiger partial charge in [-0.25, -0.2) is 0 Å². The second kappa shape index (κ2) is 7.93. The summed E-state index contributed by atoms with van der Waals surface area (Å²) in [6.45, 7) is 5.42. The second-order valence-electron chi connectivity index (χ2n) is 7.88. The van der Waals surface area contributed by atoms with Crippen molar-refractivity contribution in [3.63, 3.8) is 0 Å². The van der Waals surface area contributed by atoms with Gasteiger partial charge >= 0.3 is 0 Å². The van der Waals surface area contributed by atoms with Gasteiger partial charge in [0.15, 0.2) is 5.96 Å². The van der Waals surface area contributed by atoms with Crippen LogP contribution in [0.15, 0.2) is 46.8 Å². The van der Waals surface area contributed by atoms with Crippen molar-refractivity contribution in [2.75, 3.05) is 31.6 Å². The van der Waals surface area contributed by atoms with Crippen molar-refractivity contribution >= 4 is 22.3 Å². The van der Waals surface area contributed by atoms with Crippen LogP contribution in [0.3, 0.4) is 0 Å². The molecule has 0 unspecified atom stereocenters. The number of thiophene rings is 1. The number of guanidine groups is 1. The molecule has 27 heavy (non-hydrogen) atoms. The number of rotatable bonds is 5.